The summed E-state index contributed by atoms with van der Waals surface area (Å²) in [6.45, 7) is 4.64. The predicted octanol–water partition coefficient (Wildman–Crippen LogP) is 1.84. The third-order valence-electron chi connectivity index (χ3n) is 2.82. The number of hydrogen-bond acceptors (Lipinski definition) is 4. The Bertz CT molecular complexity index is 466. The van der Waals surface area contributed by atoms with Gasteiger partial charge in [-0.2, -0.15) is 0 Å². The third kappa shape index (κ3) is 2.97. The first-order valence-corrected chi connectivity index (χ1v) is 6.17. The molecule has 1 aliphatic rings. The van der Waals surface area contributed by atoms with Crippen molar-refractivity contribution in [3.63, 3.8) is 0 Å². The van der Waals surface area contributed by atoms with Gasteiger partial charge in [-0.05, 0) is 6.07 Å². The maximum absolute atomic E-state index is 10.3. The molecule has 1 heterocycles. The first kappa shape index (κ1) is 12.8. The van der Waals surface area contributed by atoms with Gasteiger partial charge in [-0.1, -0.05) is 32.0 Å². The number of anilines is 1. The average molecular weight is 245 g/mol. The number of fused-ring (bicyclic) bond motifs is 1. The summed E-state index contributed by atoms with van der Waals surface area (Å²) < 4.78 is 0. The van der Waals surface area contributed by atoms with Crippen molar-refractivity contribution in [2.24, 2.45) is 4.99 Å². The number of benzene rings is 1. The zero-order valence-electron chi connectivity index (χ0n) is 10.7. The molecule has 0 spiro atoms. The van der Waals surface area contributed by atoms with E-state index in [-0.39, 0.29) is 0 Å². The first-order valence-electron chi connectivity index (χ1n) is 6.17. The van der Waals surface area contributed by atoms with Crippen molar-refractivity contribution in [2.45, 2.75) is 26.0 Å². The second-order valence-electron chi connectivity index (χ2n) is 4.63. The van der Waals surface area contributed by atoms with Crippen molar-refractivity contribution in [2.75, 3.05) is 11.9 Å². The molecule has 2 rings (SSSR count). The molecule has 1 atom stereocenters. The smallest absolute Gasteiger partial charge is 0.0935 e. The van der Waals surface area contributed by atoms with Gasteiger partial charge in [0.2, 0.25) is 0 Å². The Balaban J connectivity index is 2.22. The first-order chi connectivity index (χ1) is 8.68. The van der Waals surface area contributed by atoms with Gasteiger partial charge >= 0.3 is 0 Å². The molecule has 96 valence electrons. The Hall–Kier alpha value is -1.65. The molecule has 0 aliphatic carbocycles. The van der Waals surface area contributed by atoms with Crippen LogP contribution in [-0.4, -0.2) is 30.1 Å². The summed E-state index contributed by atoms with van der Waals surface area (Å²) in [6, 6.07) is 8.23. The van der Waals surface area contributed by atoms with Crippen molar-refractivity contribution < 1.29 is 5.11 Å². The standard InChI is InChI=1S/C14H19N3O/c1-10(2)16-8-14(18)12-7-15-9-17-13-6-4-3-5-11(12)13/h3-7,9-10,14,16,18H,8H2,1-2H3,(H,15,17). The monoisotopic (exact) mass is 245 g/mol. The van der Waals surface area contributed by atoms with Crippen LogP contribution in [0, 0.1) is 0 Å². The van der Waals surface area contributed by atoms with Gasteiger partial charge in [0.15, 0.2) is 0 Å². The molecule has 1 unspecified atom stereocenters. The van der Waals surface area contributed by atoms with E-state index in [0.717, 1.165) is 16.8 Å². The van der Waals surface area contributed by atoms with Gasteiger partial charge < -0.3 is 15.7 Å². The minimum atomic E-state index is -0.564. The van der Waals surface area contributed by atoms with Gasteiger partial charge in [0.1, 0.15) is 0 Å². The minimum absolute atomic E-state index is 0.350. The molecule has 0 saturated heterocycles. The van der Waals surface area contributed by atoms with Gasteiger partial charge in [0.05, 0.1) is 12.4 Å². The normalized spacial score (nSPS) is 15.7. The number of aliphatic imine (C=N–C) groups is 1. The Kier molecular flexibility index (Phi) is 4.12. The van der Waals surface area contributed by atoms with Crippen LogP contribution in [0.25, 0.3) is 5.57 Å². The minimum Gasteiger partial charge on any atom is -0.387 e. The summed E-state index contributed by atoms with van der Waals surface area (Å²) >= 11 is 0. The molecule has 3 N–H and O–H groups in total. The second kappa shape index (κ2) is 5.80. The van der Waals surface area contributed by atoms with Crippen LogP contribution < -0.4 is 10.6 Å². The van der Waals surface area contributed by atoms with Gasteiger partial charge in [-0.15, -0.1) is 0 Å². The lowest BCUT2D eigenvalue weighted by molar-refractivity contribution is 0.224. The molecule has 4 nitrogen and oxygen atoms in total. The van der Waals surface area contributed by atoms with Crippen LogP contribution >= 0.6 is 0 Å². The molecule has 1 aromatic rings. The number of nitrogens with zero attached hydrogens (tertiary/aromatic N) is 1. The van der Waals surface area contributed by atoms with Gasteiger partial charge in [0.25, 0.3) is 0 Å². The zero-order valence-corrected chi connectivity index (χ0v) is 10.7. The Morgan fingerprint density at radius 1 is 1.33 bits per heavy atom. The fourth-order valence-electron chi connectivity index (χ4n) is 1.88. The molecular weight excluding hydrogens is 226 g/mol. The highest BCUT2D eigenvalue weighted by Crippen LogP contribution is 2.27. The van der Waals surface area contributed by atoms with E-state index in [1.54, 1.807) is 12.5 Å². The lowest BCUT2D eigenvalue weighted by Crippen LogP contribution is -2.32. The van der Waals surface area contributed by atoms with Crippen LogP contribution in [0.3, 0.4) is 0 Å². The SMILES string of the molecule is CC(C)NCC(O)C1=CN=CNc2ccccc21. The molecule has 0 saturated carbocycles. The maximum atomic E-state index is 10.3. The van der Waals surface area contributed by atoms with Crippen molar-refractivity contribution in [3.8, 4) is 0 Å². The van der Waals surface area contributed by atoms with Crippen LogP contribution in [0.4, 0.5) is 5.69 Å². The number of aliphatic hydroxyl groups is 1. The van der Waals surface area contributed by atoms with Gasteiger partial charge in [-0.3, -0.25) is 0 Å². The molecule has 4 heteroatoms. The third-order valence-corrected chi connectivity index (χ3v) is 2.82. The number of nitrogens with one attached hydrogen (secondary N) is 2. The van der Waals surface area contributed by atoms with Crippen LogP contribution in [0.2, 0.25) is 0 Å². The van der Waals surface area contributed by atoms with Crippen molar-refractivity contribution in [1.82, 2.24) is 5.32 Å². The quantitative estimate of drug-likeness (QED) is 0.758. The van der Waals surface area contributed by atoms with E-state index < -0.39 is 6.10 Å². The molecule has 18 heavy (non-hydrogen) atoms. The van der Waals surface area contributed by atoms with Crippen LogP contribution in [0.5, 0.6) is 0 Å². The lowest BCUT2D eigenvalue weighted by Gasteiger charge is -2.18. The Morgan fingerprint density at radius 2 is 2.11 bits per heavy atom. The number of hydrogen-bond donors (Lipinski definition) is 3. The summed E-state index contributed by atoms with van der Waals surface area (Å²) in [6.07, 6.45) is 2.78. The molecule has 0 amide bonds. The molecule has 1 aliphatic heterocycles. The topological polar surface area (TPSA) is 56.6 Å². The highest BCUT2D eigenvalue weighted by molar-refractivity contribution is 5.88. The predicted molar refractivity (Wildman–Crippen MR) is 75.7 cm³/mol. The van der Waals surface area contributed by atoms with Crippen LogP contribution in [0.1, 0.15) is 19.4 Å². The summed E-state index contributed by atoms with van der Waals surface area (Å²) in [7, 11) is 0. The molecule has 0 bridgehead atoms. The zero-order chi connectivity index (χ0) is 13.0. The Morgan fingerprint density at radius 3 is 2.89 bits per heavy atom. The maximum Gasteiger partial charge on any atom is 0.0935 e. The van der Waals surface area contributed by atoms with Crippen LogP contribution in [0.15, 0.2) is 35.5 Å². The van der Waals surface area contributed by atoms with E-state index in [2.05, 4.69) is 29.5 Å². The molecule has 0 radical (unpaired) electrons. The highest BCUT2D eigenvalue weighted by Gasteiger charge is 2.17. The summed E-state index contributed by atoms with van der Waals surface area (Å²) in [5.74, 6) is 0. The van der Waals surface area contributed by atoms with E-state index in [1.807, 2.05) is 24.3 Å². The fraction of sp³-hybridized carbons (Fsp3) is 0.357. The van der Waals surface area contributed by atoms with Crippen molar-refractivity contribution in [3.05, 3.63) is 36.0 Å². The largest absolute Gasteiger partial charge is 0.387 e. The van der Waals surface area contributed by atoms with E-state index in [4.69, 9.17) is 0 Å². The molecule has 1 aromatic carbocycles. The van der Waals surface area contributed by atoms with Crippen molar-refractivity contribution in [1.29, 1.82) is 0 Å². The van der Waals surface area contributed by atoms with E-state index in [1.165, 1.54) is 0 Å². The molecule has 0 fully saturated rings. The number of rotatable bonds is 4. The Labute approximate surface area is 107 Å². The van der Waals surface area contributed by atoms with Crippen molar-refractivity contribution >= 4 is 17.6 Å². The van der Waals surface area contributed by atoms with Crippen LogP contribution in [-0.2, 0) is 0 Å². The summed E-state index contributed by atoms with van der Waals surface area (Å²) in [5.41, 5.74) is 2.79. The highest BCUT2D eigenvalue weighted by atomic mass is 16.3. The fourth-order valence-corrected chi connectivity index (χ4v) is 1.88. The number of aliphatic hydroxyl groups excluding tert-OH is 1. The van der Waals surface area contributed by atoms with Gasteiger partial charge in [0, 0.05) is 35.6 Å². The summed E-state index contributed by atoms with van der Waals surface area (Å²) in [5, 5.41) is 16.6. The average Bonchev–Trinajstić information content (AvgIpc) is 2.58. The molecular formula is C14H19N3O. The molecule has 0 aromatic heterocycles. The van der Waals surface area contributed by atoms with E-state index >= 15 is 0 Å². The second-order valence-corrected chi connectivity index (χ2v) is 4.63. The summed E-state index contributed by atoms with van der Waals surface area (Å²) in [4.78, 5) is 4.13. The number of para-hydroxylation sites is 1. The van der Waals surface area contributed by atoms with E-state index in [0.29, 0.717) is 12.6 Å². The van der Waals surface area contributed by atoms with Gasteiger partial charge in [-0.25, -0.2) is 4.99 Å². The lowest BCUT2D eigenvalue weighted by atomic mass is 9.99. The van der Waals surface area contributed by atoms with E-state index in [9.17, 15) is 5.11 Å².